The first-order valence-electron chi connectivity index (χ1n) is 8.21. The average molecular weight is 347 g/mol. The van der Waals surface area contributed by atoms with Crippen molar-refractivity contribution in [2.75, 3.05) is 11.9 Å². The molecule has 4 nitrogen and oxygen atoms in total. The lowest BCUT2D eigenvalue weighted by Crippen LogP contribution is -2.14. The number of nitrogens with zero attached hydrogens (tertiary/aromatic N) is 2. The van der Waals surface area contributed by atoms with Crippen LogP contribution >= 0.6 is 0 Å². The van der Waals surface area contributed by atoms with E-state index in [0.717, 1.165) is 22.8 Å². The molecule has 0 aliphatic rings. The van der Waals surface area contributed by atoms with E-state index >= 15 is 0 Å². The molecule has 0 saturated carbocycles. The van der Waals surface area contributed by atoms with Crippen molar-refractivity contribution in [3.63, 3.8) is 0 Å². The Morgan fingerprint density at radius 1 is 1.12 bits per heavy atom. The van der Waals surface area contributed by atoms with Crippen LogP contribution in [0.15, 0.2) is 54.6 Å². The van der Waals surface area contributed by atoms with Gasteiger partial charge in [0, 0.05) is 28.3 Å². The van der Waals surface area contributed by atoms with Crippen molar-refractivity contribution in [3.05, 3.63) is 82.9 Å². The molecule has 0 saturated heterocycles. The second kappa shape index (κ2) is 7.24. The Hall–Kier alpha value is -3.39. The Labute approximate surface area is 151 Å². The van der Waals surface area contributed by atoms with Gasteiger partial charge < -0.3 is 9.88 Å². The van der Waals surface area contributed by atoms with E-state index in [0.29, 0.717) is 11.1 Å². The monoisotopic (exact) mass is 347 g/mol. The lowest BCUT2D eigenvalue weighted by atomic mass is 10.1. The summed E-state index contributed by atoms with van der Waals surface area (Å²) in [5.74, 6) is -0.324. The van der Waals surface area contributed by atoms with Crippen LogP contribution in [0.3, 0.4) is 0 Å². The van der Waals surface area contributed by atoms with Gasteiger partial charge in [0.2, 0.25) is 0 Å². The number of carbonyl (C=O) groups is 1. The van der Waals surface area contributed by atoms with E-state index in [1.165, 1.54) is 12.1 Å². The molecule has 130 valence electrons. The van der Waals surface area contributed by atoms with Crippen molar-refractivity contribution in [2.24, 2.45) is 0 Å². The molecule has 2 aromatic carbocycles. The van der Waals surface area contributed by atoms with Gasteiger partial charge >= 0.3 is 0 Å². The minimum absolute atomic E-state index is 0.0316. The second-order valence-corrected chi connectivity index (χ2v) is 6.06. The fraction of sp³-hybridized carbons (Fsp3) is 0.143. The predicted molar refractivity (Wildman–Crippen MR) is 99.2 cm³/mol. The van der Waals surface area contributed by atoms with Gasteiger partial charge in [-0.05, 0) is 68.4 Å². The van der Waals surface area contributed by atoms with Crippen molar-refractivity contribution in [1.82, 2.24) is 4.57 Å². The molecule has 0 fully saturated rings. The lowest BCUT2D eigenvalue weighted by molar-refractivity contribution is 0.101. The van der Waals surface area contributed by atoms with Crippen LogP contribution in [-0.4, -0.2) is 16.9 Å². The summed E-state index contributed by atoms with van der Waals surface area (Å²) in [5.41, 5.74) is 4.54. The number of anilines is 1. The fourth-order valence-corrected chi connectivity index (χ4v) is 2.97. The highest BCUT2D eigenvalue weighted by Crippen LogP contribution is 2.22. The number of ketones is 1. The van der Waals surface area contributed by atoms with Crippen LogP contribution in [0.5, 0.6) is 0 Å². The summed E-state index contributed by atoms with van der Waals surface area (Å²) in [5, 5.41) is 11.9. The predicted octanol–water partition coefficient (Wildman–Crippen LogP) is 4.40. The highest BCUT2D eigenvalue weighted by Gasteiger charge is 2.16. The van der Waals surface area contributed by atoms with Gasteiger partial charge in [0.15, 0.2) is 5.78 Å². The second-order valence-electron chi connectivity index (χ2n) is 6.06. The van der Waals surface area contributed by atoms with Gasteiger partial charge in [-0.1, -0.05) is 0 Å². The molecule has 0 aliphatic carbocycles. The highest BCUT2D eigenvalue weighted by atomic mass is 19.1. The number of hydrogen-bond donors (Lipinski definition) is 1. The Morgan fingerprint density at radius 2 is 1.77 bits per heavy atom. The molecular weight excluding hydrogens is 329 g/mol. The fourth-order valence-electron chi connectivity index (χ4n) is 2.97. The number of Topliss-reactive ketones (excluding diaryl/α,β-unsaturated/α-hetero) is 1. The molecule has 5 heteroatoms. The van der Waals surface area contributed by atoms with Crippen LogP contribution in [0.2, 0.25) is 0 Å². The molecule has 3 aromatic rings. The molecule has 0 spiro atoms. The van der Waals surface area contributed by atoms with Gasteiger partial charge in [0.05, 0.1) is 18.2 Å². The summed E-state index contributed by atoms with van der Waals surface area (Å²) in [6.45, 7) is 3.95. The number of nitrogens with one attached hydrogen (secondary N) is 1. The maximum Gasteiger partial charge on any atom is 0.183 e. The van der Waals surface area contributed by atoms with Crippen LogP contribution in [0.4, 0.5) is 10.1 Å². The van der Waals surface area contributed by atoms with E-state index in [1.807, 2.05) is 24.5 Å². The Balaban J connectivity index is 1.78. The van der Waals surface area contributed by atoms with Crippen molar-refractivity contribution in [1.29, 1.82) is 5.26 Å². The number of rotatable bonds is 5. The number of halogens is 1. The number of aromatic nitrogens is 1. The summed E-state index contributed by atoms with van der Waals surface area (Å²) in [4.78, 5) is 12.6. The standard InChI is InChI=1S/C21H18FN3O/c1-14-11-20(15(2)25(14)19-9-5-17(22)6-10-19)21(26)13-24-18-7-3-16(12-23)4-8-18/h3-11,24H,13H2,1-2H3. The number of benzene rings is 2. The van der Waals surface area contributed by atoms with Crippen LogP contribution in [0.25, 0.3) is 5.69 Å². The van der Waals surface area contributed by atoms with E-state index in [2.05, 4.69) is 11.4 Å². The maximum atomic E-state index is 13.2. The highest BCUT2D eigenvalue weighted by molar-refractivity contribution is 6.00. The summed E-state index contributed by atoms with van der Waals surface area (Å²) >= 11 is 0. The van der Waals surface area contributed by atoms with Crippen LogP contribution in [0, 0.1) is 31.0 Å². The van der Waals surface area contributed by atoms with Crippen LogP contribution in [-0.2, 0) is 0 Å². The van der Waals surface area contributed by atoms with Gasteiger partial charge in [-0.3, -0.25) is 4.79 Å². The zero-order chi connectivity index (χ0) is 18.7. The van der Waals surface area contributed by atoms with Gasteiger partial charge in [-0.15, -0.1) is 0 Å². The summed E-state index contributed by atoms with van der Waals surface area (Å²) < 4.78 is 15.1. The zero-order valence-corrected chi connectivity index (χ0v) is 14.6. The summed E-state index contributed by atoms with van der Waals surface area (Å²) in [6.07, 6.45) is 0. The van der Waals surface area contributed by atoms with E-state index in [9.17, 15) is 9.18 Å². The summed E-state index contributed by atoms with van der Waals surface area (Å²) in [6, 6.07) is 17.1. The molecule has 1 aromatic heterocycles. The molecule has 3 rings (SSSR count). The van der Waals surface area contributed by atoms with Gasteiger partial charge in [-0.2, -0.15) is 5.26 Å². The minimum Gasteiger partial charge on any atom is -0.378 e. The van der Waals surface area contributed by atoms with Gasteiger partial charge in [-0.25, -0.2) is 4.39 Å². The number of aryl methyl sites for hydroxylation is 1. The first kappa shape index (κ1) is 17.4. The molecule has 0 aliphatic heterocycles. The Morgan fingerprint density at radius 3 is 2.38 bits per heavy atom. The van der Waals surface area contributed by atoms with E-state index in [-0.39, 0.29) is 18.1 Å². The normalized spacial score (nSPS) is 10.4. The first-order valence-corrected chi connectivity index (χ1v) is 8.21. The van der Waals surface area contributed by atoms with Crippen molar-refractivity contribution < 1.29 is 9.18 Å². The van der Waals surface area contributed by atoms with Crippen LogP contribution in [0.1, 0.15) is 27.3 Å². The van der Waals surface area contributed by atoms with Gasteiger partial charge in [0.1, 0.15) is 5.82 Å². The smallest absolute Gasteiger partial charge is 0.183 e. The largest absolute Gasteiger partial charge is 0.378 e. The van der Waals surface area contributed by atoms with Crippen molar-refractivity contribution in [3.8, 4) is 11.8 Å². The lowest BCUT2D eigenvalue weighted by Gasteiger charge is -2.10. The van der Waals surface area contributed by atoms with E-state index in [1.54, 1.807) is 36.4 Å². The Bertz CT molecular complexity index is 980. The first-order chi connectivity index (χ1) is 12.5. The zero-order valence-electron chi connectivity index (χ0n) is 14.6. The molecule has 0 radical (unpaired) electrons. The Kier molecular flexibility index (Phi) is 4.85. The minimum atomic E-state index is -0.292. The summed E-state index contributed by atoms with van der Waals surface area (Å²) in [7, 11) is 0. The quantitative estimate of drug-likeness (QED) is 0.696. The van der Waals surface area contributed by atoms with E-state index in [4.69, 9.17) is 5.26 Å². The number of nitriles is 1. The molecule has 1 heterocycles. The molecule has 0 amide bonds. The topological polar surface area (TPSA) is 57.8 Å². The molecule has 1 N–H and O–H groups in total. The maximum absolute atomic E-state index is 13.2. The van der Waals surface area contributed by atoms with Crippen molar-refractivity contribution in [2.45, 2.75) is 13.8 Å². The molecular formula is C21H18FN3O. The molecule has 0 unspecified atom stereocenters. The van der Waals surface area contributed by atoms with Crippen LogP contribution < -0.4 is 5.32 Å². The van der Waals surface area contributed by atoms with Crippen molar-refractivity contribution >= 4 is 11.5 Å². The third-order valence-electron chi connectivity index (χ3n) is 4.28. The SMILES string of the molecule is Cc1cc(C(=O)CNc2ccc(C#N)cc2)c(C)n1-c1ccc(F)cc1. The van der Waals surface area contributed by atoms with Gasteiger partial charge in [0.25, 0.3) is 0 Å². The molecule has 0 atom stereocenters. The number of hydrogen-bond acceptors (Lipinski definition) is 3. The molecule has 26 heavy (non-hydrogen) atoms. The average Bonchev–Trinajstić information content (AvgIpc) is 2.95. The number of carbonyl (C=O) groups excluding carboxylic acids is 1. The third kappa shape index (κ3) is 3.50. The van der Waals surface area contributed by atoms with E-state index < -0.39 is 0 Å². The molecule has 0 bridgehead atoms. The third-order valence-corrected chi connectivity index (χ3v) is 4.28.